The van der Waals surface area contributed by atoms with E-state index in [1.807, 2.05) is 36.4 Å². The van der Waals surface area contributed by atoms with Gasteiger partial charge in [0.25, 0.3) is 0 Å². The Kier molecular flexibility index (Phi) is 6.45. The lowest BCUT2D eigenvalue weighted by Gasteiger charge is -2.11. The van der Waals surface area contributed by atoms with Gasteiger partial charge in [-0.2, -0.15) is 0 Å². The summed E-state index contributed by atoms with van der Waals surface area (Å²) in [6.07, 6.45) is 2.57. The van der Waals surface area contributed by atoms with Gasteiger partial charge in [-0.3, -0.25) is 0 Å². The molecule has 0 radical (unpaired) electrons. The number of aromatic nitrogens is 1. The Hall–Kier alpha value is -2.03. The third-order valence-corrected chi connectivity index (χ3v) is 3.19. The normalized spacial score (nSPS) is 13.7. The molecule has 0 saturated heterocycles. The van der Waals surface area contributed by atoms with Crippen molar-refractivity contribution in [1.82, 2.24) is 4.98 Å². The predicted molar refractivity (Wildman–Crippen MR) is 101 cm³/mol. The van der Waals surface area contributed by atoms with E-state index in [1.165, 1.54) is 0 Å². The maximum absolute atomic E-state index is 5.89. The smallest absolute Gasteiger partial charge is 0.194 e. The van der Waals surface area contributed by atoms with Gasteiger partial charge in [0.15, 0.2) is 17.5 Å². The number of hydrogen-bond acceptors (Lipinski definition) is 4. The molecule has 122 valence electrons. The molecule has 0 unspecified atom stereocenters. The number of guanidine groups is 1. The minimum absolute atomic E-state index is 0. The average molecular weight is 426 g/mol. The molecule has 0 atom stereocenters. The topological polar surface area (TPSA) is 81.8 Å². The van der Waals surface area contributed by atoms with Crippen molar-refractivity contribution in [2.45, 2.75) is 13.0 Å². The van der Waals surface area contributed by atoms with E-state index in [-0.39, 0.29) is 24.0 Å². The van der Waals surface area contributed by atoms with E-state index in [1.54, 1.807) is 6.20 Å². The maximum atomic E-state index is 5.89. The number of anilines is 1. The first kappa shape index (κ1) is 17.3. The van der Waals surface area contributed by atoms with Crippen LogP contribution in [0.5, 0.6) is 11.5 Å². The van der Waals surface area contributed by atoms with E-state index < -0.39 is 0 Å². The van der Waals surface area contributed by atoms with Crippen LogP contribution in [-0.2, 0) is 6.54 Å². The second-order valence-electron chi connectivity index (χ2n) is 4.84. The van der Waals surface area contributed by atoms with Gasteiger partial charge in [-0.25, -0.2) is 9.98 Å². The molecule has 0 bridgehead atoms. The summed E-state index contributed by atoms with van der Waals surface area (Å²) in [4.78, 5) is 8.48. The molecule has 6 nitrogen and oxygen atoms in total. The molecule has 7 heteroatoms. The van der Waals surface area contributed by atoms with Gasteiger partial charge < -0.3 is 20.5 Å². The average Bonchev–Trinajstić information content (AvgIpc) is 2.79. The number of ether oxygens (including phenoxy) is 2. The molecule has 0 amide bonds. The number of nitrogens with one attached hydrogen (secondary N) is 1. The summed E-state index contributed by atoms with van der Waals surface area (Å²) < 4.78 is 11.4. The lowest BCUT2D eigenvalue weighted by molar-refractivity contribution is 0.296. The molecule has 1 aromatic carbocycles. The van der Waals surface area contributed by atoms with Crippen LogP contribution >= 0.6 is 24.0 Å². The molecular formula is C16H19IN4O2. The summed E-state index contributed by atoms with van der Waals surface area (Å²) in [5.74, 6) is 2.50. The molecule has 2 aromatic rings. The molecule has 0 aliphatic carbocycles. The van der Waals surface area contributed by atoms with E-state index in [9.17, 15) is 0 Å². The van der Waals surface area contributed by atoms with Crippen molar-refractivity contribution >= 4 is 35.8 Å². The highest BCUT2D eigenvalue weighted by molar-refractivity contribution is 14.0. The predicted octanol–water partition coefficient (Wildman–Crippen LogP) is 2.79. The van der Waals surface area contributed by atoms with Crippen LogP contribution in [-0.4, -0.2) is 24.2 Å². The SMILES string of the molecule is I.NC(=NCc1cccc2c1OCCCO2)Nc1ccccn1. The third-order valence-electron chi connectivity index (χ3n) is 3.19. The third kappa shape index (κ3) is 4.72. The molecule has 3 rings (SSSR count). The fourth-order valence-electron chi connectivity index (χ4n) is 2.16. The van der Waals surface area contributed by atoms with Crippen molar-refractivity contribution in [3.63, 3.8) is 0 Å². The van der Waals surface area contributed by atoms with Gasteiger partial charge >= 0.3 is 0 Å². The number of benzene rings is 1. The van der Waals surface area contributed by atoms with Crippen LogP contribution in [0.3, 0.4) is 0 Å². The summed E-state index contributed by atoms with van der Waals surface area (Å²) in [6.45, 7) is 1.73. The number of para-hydroxylation sites is 1. The highest BCUT2D eigenvalue weighted by atomic mass is 127. The molecular weight excluding hydrogens is 407 g/mol. The Bertz CT molecular complexity index is 664. The molecule has 0 fully saturated rings. The number of halogens is 1. The van der Waals surface area contributed by atoms with Crippen molar-refractivity contribution in [3.8, 4) is 11.5 Å². The summed E-state index contributed by atoms with van der Waals surface area (Å²) in [7, 11) is 0. The zero-order chi connectivity index (χ0) is 15.2. The van der Waals surface area contributed by atoms with Crippen molar-refractivity contribution in [2.24, 2.45) is 10.7 Å². The van der Waals surface area contributed by atoms with E-state index in [2.05, 4.69) is 15.3 Å². The van der Waals surface area contributed by atoms with Crippen LogP contribution < -0.4 is 20.5 Å². The Morgan fingerprint density at radius 2 is 2.04 bits per heavy atom. The van der Waals surface area contributed by atoms with Gasteiger partial charge in [-0.1, -0.05) is 18.2 Å². The van der Waals surface area contributed by atoms with E-state index >= 15 is 0 Å². The van der Waals surface area contributed by atoms with Gasteiger partial charge in [0.2, 0.25) is 0 Å². The molecule has 2 heterocycles. The largest absolute Gasteiger partial charge is 0.490 e. The summed E-state index contributed by atoms with van der Waals surface area (Å²) >= 11 is 0. The van der Waals surface area contributed by atoms with Crippen molar-refractivity contribution in [3.05, 3.63) is 48.2 Å². The van der Waals surface area contributed by atoms with Crippen molar-refractivity contribution in [1.29, 1.82) is 0 Å². The molecule has 0 spiro atoms. The van der Waals surface area contributed by atoms with Crippen molar-refractivity contribution < 1.29 is 9.47 Å². The quantitative estimate of drug-likeness (QED) is 0.448. The van der Waals surface area contributed by atoms with Gasteiger partial charge in [0.05, 0.1) is 19.8 Å². The van der Waals surface area contributed by atoms with Gasteiger partial charge in [0, 0.05) is 18.2 Å². The Morgan fingerprint density at radius 1 is 1.17 bits per heavy atom. The van der Waals surface area contributed by atoms with E-state index in [4.69, 9.17) is 15.2 Å². The number of hydrogen-bond donors (Lipinski definition) is 2. The lowest BCUT2D eigenvalue weighted by atomic mass is 10.2. The number of nitrogens with zero attached hydrogens (tertiary/aromatic N) is 2. The first-order valence-corrected chi connectivity index (χ1v) is 7.18. The number of pyridine rings is 1. The van der Waals surface area contributed by atoms with Crippen LogP contribution in [0.4, 0.5) is 5.82 Å². The number of nitrogens with two attached hydrogens (primary N) is 1. The number of aliphatic imine (C=N–C) groups is 1. The minimum Gasteiger partial charge on any atom is -0.490 e. The molecule has 0 saturated carbocycles. The van der Waals surface area contributed by atoms with Crippen LogP contribution in [0.15, 0.2) is 47.6 Å². The monoisotopic (exact) mass is 426 g/mol. The first-order chi connectivity index (χ1) is 10.8. The summed E-state index contributed by atoms with van der Waals surface area (Å²) in [5.41, 5.74) is 6.84. The maximum Gasteiger partial charge on any atom is 0.194 e. The minimum atomic E-state index is 0. The molecule has 1 aliphatic heterocycles. The van der Waals surface area contributed by atoms with Crippen LogP contribution in [0.2, 0.25) is 0 Å². The Labute approximate surface area is 152 Å². The number of fused-ring (bicyclic) bond motifs is 1. The highest BCUT2D eigenvalue weighted by Crippen LogP contribution is 2.33. The van der Waals surface area contributed by atoms with Crippen LogP contribution in [0.1, 0.15) is 12.0 Å². The van der Waals surface area contributed by atoms with Gasteiger partial charge in [-0.05, 0) is 18.2 Å². The summed E-state index contributed by atoms with van der Waals surface area (Å²) in [6, 6.07) is 11.4. The van der Waals surface area contributed by atoms with Gasteiger partial charge in [-0.15, -0.1) is 24.0 Å². The molecule has 23 heavy (non-hydrogen) atoms. The van der Waals surface area contributed by atoms with Crippen LogP contribution in [0, 0.1) is 0 Å². The zero-order valence-corrected chi connectivity index (χ0v) is 14.9. The van der Waals surface area contributed by atoms with E-state index in [0.29, 0.717) is 31.5 Å². The second-order valence-corrected chi connectivity index (χ2v) is 4.84. The number of rotatable bonds is 3. The Balaban J connectivity index is 0.00000192. The fourth-order valence-corrected chi connectivity index (χ4v) is 2.16. The molecule has 3 N–H and O–H groups in total. The van der Waals surface area contributed by atoms with E-state index in [0.717, 1.165) is 23.5 Å². The highest BCUT2D eigenvalue weighted by Gasteiger charge is 2.14. The Morgan fingerprint density at radius 3 is 2.87 bits per heavy atom. The first-order valence-electron chi connectivity index (χ1n) is 7.18. The molecule has 1 aliphatic rings. The standard InChI is InChI=1S/C16H18N4O2.HI/c17-16(20-14-7-1-2-8-18-14)19-11-12-5-3-6-13-15(12)22-10-4-9-21-13;/h1-3,5-8H,4,9-11H2,(H3,17,18,19,20);1H. The van der Waals surface area contributed by atoms with Crippen molar-refractivity contribution in [2.75, 3.05) is 18.5 Å². The zero-order valence-electron chi connectivity index (χ0n) is 12.6. The fraction of sp³-hybridized carbons (Fsp3) is 0.250. The van der Waals surface area contributed by atoms with Crippen LogP contribution in [0.25, 0.3) is 0 Å². The second kappa shape index (κ2) is 8.56. The lowest BCUT2D eigenvalue weighted by Crippen LogP contribution is -2.23. The summed E-state index contributed by atoms with van der Waals surface area (Å²) in [5, 5.41) is 2.95. The van der Waals surface area contributed by atoms with Gasteiger partial charge in [0.1, 0.15) is 5.82 Å². The molecule has 1 aromatic heterocycles.